The van der Waals surface area contributed by atoms with Gasteiger partial charge in [0.1, 0.15) is 6.10 Å². The van der Waals surface area contributed by atoms with Gasteiger partial charge in [0, 0.05) is 20.0 Å². The number of alkyl halides is 1. The van der Waals surface area contributed by atoms with Crippen molar-refractivity contribution in [3.05, 3.63) is 83.7 Å². The summed E-state index contributed by atoms with van der Waals surface area (Å²) in [7, 11) is -2.44. The number of rotatable bonds is 15. The molecule has 214 valence electrons. The van der Waals surface area contributed by atoms with Crippen molar-refractivity contribution in [1.82, 2.24) is 19.6 Å². The van der Waals surface area contributed by atoms with Crippen molar-refractivity contribution in [2.24, 2.45) is 0 Å². The summed E-state index contributed by atoms with van der Waals surface area (Å²) >= 11 is 0. The van der Waals surface area contributed by atoms with Crippen LogP contribution >= 0.6 is 0 Å². The molecule has 0 saturated heterocycles. The highest BCUT2D eigenvalue weighted by atomic mass is 32.2. The number of benzene rings is 2. The zero-order chi connectivity index (χ0) is 28.5. The van der Waals surface area contributed by atoms with Gasteiger partial charge in [-0.3, -0.25) is 0 Å². The second-order valence-electron chi connectivity index (χ2n) is 9.09. The average Bonchev–Trinajstić information content (AvgIpc) is 3.38. The Morgan fingerprint density at radius 3 is 2.25 bits per heavy atom. The third-order valence-corrected chi connectivity index (χ3v) is 6.94. The number of fused-ring (bicyclic) bond motifs is 1. The fourth-order valence-electron chi connectivity index (χ4n) is 4.12. The summed E-state index contributed by atoms with van der Waals surface area (Å²) in [4.78, 5) is 8.28. The second kappa shape index (κ2) is 13.8. The monoisotopic (exact) mass is 572 g/mol. The van der Waals surface area contributed by atoms with Crippen LogP contribution in [0.4, 0.5) is 4.39 Å². The standard InChI is InChI=1S/C28H33FN4O6S/c1-4-38-27-26-30-17-22(33(26)32-28(31-27)40(3,34)35)25(36-2)24(29)23(39-19-21-13-9-6-10-14-21)15-16-37-18-20-11-7-5-8-12-20/h5-14,17,23-25H,4,15-16,18-19H2,1-3H3/t23-,24-,25+/m1/s1. The highest BCUT2D eigenvalue weighted by Crippen LogP contribution is 2.30. The number of ether oxygens (including phenoxy) is 4. The van der Waals surface area contributed by atoms with Crippen LogP contribution in [0.1, 0.15) is 36.3 Å². The lowest BCUT2D eigenvalue weighted by molar-refractivity contribution is -0.0855. The lowest BCUT2D eigenvalue weighted by Crippen LogP contribution is -2.34. The van der Waals surface area contributed by atoms with Gasteiger partial charge in [-0.25, -0.2) is 22.3 Å². The molecule has 0 saturated carbocycles. The van der Waals surface area contributed by atoms with Crippen molar-refractivity contribution in [2.45, 2.75) is 50.1 Å². The van der Waals surface area contributed by atoms with E-state index in [0.717, 1.165) is 17.4 Å². The highest BCUT2D eigenvalue weighted by Gasteiger charge is 2.35. The van der Waals surface area contributed by atoms with Gasteiger partial charge in [0.05, 0.1) is 37.8 Å². The maximum Gasteiger partial charge on any atom is 0.268 e. The maximum absolute atomic E-state index is 16.3. The number of halogens is 1. The van der Waals surface area contributed by atoms with Crippen LogP contribution in [0.5, 0.6) is 5.88 Å². The first kappa shape index (κ1) is 29.5. The molecular formula is C28H33FN4O6S. The molecule has 0 bridgehead atoms. The van der Waals surface area contributed by atoms with Crippen LogP contribution < -0.4 is 4.74 Å². The fourth-order valence-corrected chi connectivity index (χ4v) is 4.60. The van der Waals surface area contributed by atoms with E-state index >= 15 is 4.39 Å². The van der Waals surface area contributed by atoms with E-state index in [9.17, 15) is 8.42 Å². The number of imidazole rings is 1. The molecule has 0 aliphatic rings. The van der Waals surface area contributed by atoms with Crippen LogP contribution in [0, 0.1) is 0 Å². The third kappa shape index (κ3) is 7.39. The molecule has 2 aromatic heterocycles. The number of hydrogen-bond donors (Lipinski definition) is 0. The second-order valence-corrected chi connectivity index (χ2v) is 11.0. The van der Waals surface area contributed by atoms with Crippen LogP contribution in [-0.2, 0) is 37.3 Å². The van der Waals surface area contributed by atoms with Gasteiger partial charge >= 0.3 is 0 Å². The largest absolute Gasteiger partial charge is 0.475 e. The summed E-state index contributed by atoms with van der Waals surface area (Å²) < 4.78 is 65.0. The summed E-state index contributed by atoms with van der Waals surface area (Å²) in [6.07, 6.45) is -1.20. The lowest BCUT2D eigenvalue weighted by Gasteiger charge is -2.27. The van der Waals surface area contributed by atoms with Gasteiger partial charge in [0.15, 0.2) is 6.17 Å². The number of aromatic nitrogens is 4. The first-order valence-electron chi connectivity index (χ1n) is 12.8. The first-order valence-corrected chi connectivity index (χ1v) is 14.7. The molecule has 0 spiro atoms. The van der Waals surface area contributed by atoms with Gasteiger partial charge < -0.3 is 18.9 Å². The molecule has 0 fully saturated rings. The minimum absolute atomic E-state index is 0.0272. The van der Waals surface area contributed by atoms with E-state index in [1.54, 1.807) is 6.92 Å². The molecule has 2 heterocycles. The molecule has 10 nitrogen and oxygen atoms in total. The molecule has 0 N–H and O–H groups in total. The van der Waals surface area contributed by atoms with Crippen LogP contribution in [-0.4, -0.2) is 66.9 Å². The summed E-state index contributed by atoms with van der Waals surface area (Å²) in [5, 5.41) is 3.65. The van der Waals surface area contributed by atoms with Crippen molar-refractivity contribution < 1.29 is 31.8 Å². The molecule has 0 aliphatic carbocycles. The van der Waals surface area contributed by atoms with Crippen LogP contribution in [0.2, 0.25) is 0 Å². The fraction of sp³-hybridized carbons (Fsp3) is 0.393. The van der Waals surface area contributed by atoms with Gasteiger partial charge in [0.2, 0.25) is 15.5 Å². The minimum atomic E-state index is -3.80. The Kier molecular flexibility index (Phi) is 10.2. The molecule has 0 aliphatic heterocycles. The third-order valence-electron chi connectivity index (χ3n) is 6.11. The summed E-state index contributed by atoms with van der Waals surface area (Å²) in [6, 6.07) is 19.1. The number of nitrogens with zero attached hydrogens (tertiary/aromatic N) is 4. The molecule has 4 aromatic rings. The normalized spacial score (nSPS) is 14.2. The zero-order valence-electron chi connectivity index (χ0n) is 22.6. The minimum Gasteiger partial charge on any atom is -0.475 e. The smallest absolute Gasteiger partial charge is 0.268 e. The molecule has 2 aromatic carbocycles. The molecule has 40 heavy (non-hydrogen) atoms. The van der Waals surface area contributed by atoms with Crippen LogP contribution in [0.15, 0.2) is 72.0 Å². The van der Waals surface area contributed by atoms with Crippen molar-refractivity contribution in [2.75, 3.05) is 26.6 Å². The van der Waals surface area contributed by atoms with Crippen molar-refractivity contribution in [3.63, 3.8) is 0 Å². The Labute approximate surface area is 233 Å². The molecule has 3 atom stereocenters. The molecule has 0 unspecified atom stereocenters. The van der Waals surface area contributed by atoms with Crippen molar-refractivity contribution in [1.29, 1.82) is 0 Å². The average molecular weight is 573 g/mol. The van der Waals surface area contributed by atoms with E-state index in [4.69, 9.17) is 18.9 Å². The predicted octanol–water partition coefficient (Wildman–Crippen LogP) is 4.14. The lowest BCUT2D eigenvalue weighted by atomic mass is 10.0. The quantitative estimate of drug-likeness (QED) is 0.194. The Bertz CT molecular complexity index is 1470. The summed E-state index contributed by atoms with van der Waals surface area (Å²) in [5.74, 6) is -0.0272. The van der Waals surface area contributed by atoms with E-state index in [0.29, 0.717) is 6.61 Å². The Balaban J connectivity index is 1.59. The molecule has 4 rings (SSSR count). The number of sulfone groups is 1. The van der Waals surface area contributed by atoms with Gasteiger partial charge in [-0.2, -0.15) is 4.98 Å². The Morgan fingerprint density at radius 2 is 1.65 bits per heavy atom. The Morgan fingerprint density at radius 1 is 1.00 bits per heavy atom. The van der Waals surface area contributed by atoms with Gasteiger partial charge in [-0.1, -0.05) is 60.7 Å². The SMILES string of the molecule is CCOc1nc(S(C)(=O)=O)nn2c([C@H](OC)[C@H](F)[C@@H](CCOCc3ccccc3)OCc3ccccc3)cnc12. The number of methoxy groups -OCH3 is 1. The maximum atomic E-state index is 16.3. The van der Waals surface area contributed by atoms with Gasteiger partial charge in [-0.05, 0) is 24.5 Å². The summed E-state index contributed by atoms with van der Waals surface area (Å²) in [5.41, 5.74) is 2.23. The summed E-state index contributed by atoms with van der Waals surface area (Å²) in [6.45, 7) is 2.76. The van der Waals surface area contributed by atoms with E-state index in [1.165, 1.54) is 17.8 Å². The zero-order valence-corrected chi connectivity index (χ0v) is 23.5. The highest BCUT2D eigenvalue weighted by molar-refractivity contribution is 7.90. The molecule has 0 radical (unpaired) electrons. The van der Waals surface area contributed by atoms with Crippen LogP contribution in [0.3, 0.4) is 0 Å². The first-order chi connectivity index (χ1) is 19.3. The van der Waals surface area contributed by atoms with E-state index in [-0.39, 0.29) is 43.5 Å². The Hall–Kier alpha value is -3.45. The predicted molar refractivity (Wildman–Crippen MR) is 145 cm³/mol. The van der Waals surface area contributed by atoms with Gasteiger partial charge in [-0.15, -0.1) is 5.10 Å². The number of hydrogen-bond acceptors (Lipinski definition) is 9. The van der Waals surface area contributed by atoms with E-state index in [1.807, 2.05) is 60.7 Å². The molecular weight excluding hydrogens is 539 g/mol. The van der Waals surface area contributed by atoms with E-state index < -0.39 is 33.4 Å². The van der Waals surface area contributed by atoms with Crippen LogP contribution in [0.25, 0.3) is 5.65 Å². The van der Waals surface area contributed by atoms with Crippen molar-refractivity contribution in [3.8, 4) is 5.88 Å². The molecule has 0 amide bonds. The van der Waals surface area contributed by atoms with Gasteiger partial charge in [0.25, 0.3) is 11.0 Å². The van der Waals surface area contributed by atoms with Crippen molar-refractivity contribution >= 4 is 15.5 Å². The molecule has 12 heteroatoms. The van der Waals surface area contributed by atoms with E-state index in [2.05, 4.69) is 15.1 Å². The topological polar surface area (TPSA) is 114 Å².